The Bertz CT molecular complexity index is 189. The topological polar surface area (TPSA) is 47.6 Å². The lowest BCUT2D eigenvalue weighted by atomic mass is 10.1. The normalized spacial score (nSPS) is 12.4. The third kappa shape index (κ3) is 9.32. The van der Waals surface area contributed by atoms with Crippen LogP contribution in [0.15, 0.2) is 0 Å². The summed E-state index contributed by atoms with van der Waals surface area (Å²) in [5, 5.41) is 2.66. The summed E-state index contributed by atoms with van der Waals surface area (Å²) in [6.07, 6.45) is -0.457. The van der Waals surface area contributed by atoms with Crippen molar-refractivity contribution in [2.75, 3.05) is 6.79 Å². The summed E-state index contributed by atoms with van der Waals surface area (Å²) in [7, 11) is 0. The number of carbonyl (C=O) groups excluding carboxylic acids is 1. The third-order valence-electron chi connectivity index (χ3n) is 1.16. The number of hydrogen-bond donors (Lipinski definition) is 1. The average Bonchev–Trinajstić information content (AvgIpc) is 1.78. The molecule has 0 aliphatic rings. The molecule has 4 nitrogen and oxygen atoms in total. The van der Waals surface area contributed by atoms with Crippen LogP contribution in [0.3, 0.4) is 0 Å². The van der Waals surface area contributed by atoms with E-state index >= 15 is 0 Å². The van der Waals surface area contributed by atoms with Crippen LogP contribution in [0.4, 0.5) is 4.79 Å². The SMILES string of the molecule is CC(C)(C)NC(=O)OCOC(C)(C)C. The molecule has 0 spiro atoms. The maximum atomic E-state index is 11.1. The Kier molecular flexibility index (Phi) is 4.39. The van der Waals surface area contributed by atoms with Crippen LogP contribution >= 0.6 is 0 Å². The third-order valence-corrected chi connectivity index (χ3v) is 1.16. The number of nitrogens with one attached hydrogen (secondary N) is 1. The second-order valence-corrected chi connectivity index (χ2v) is 5.18. The van der Waals surface area contributed by atoms with Crippen LogP contribution in [-0.4, -0.2) is 24.0 Å². The van der Waals surface area contributed by atoms with Gasteiger partial charge in [-0.05, 0) is 41.5 Å². The summed E-state index contributed by atoms with van der Waals surface area (Å²) < 4.78 is 10.1. The van der Waals surface area contributed by atoms with Gasteiger partial charge >= 0.3 is 6.09 Å². The summed E-state index contributed by atoms with van der Waals surface area (Å²) >= 11 is 0. The van der Waals surface area contributed by atoms with E-state index in [2.05, 4.69) is 5.32 Å². The molecule has 4 heteroatoms. The number of rotatable bonds is 2. The molecular formula is C10H21NO3. The summed E-state index contributed by atoms with van der Waals surface area (Å²) in [6, 6.07) is 0. The van der Waals surface area contributed by atoms with E-state index in [1.54, 1.807) is 0 Å². The van der Waals surface area contributed by atoms with Gasteiger partial charge in [-0.3, -0.25) is 0 Å². The maximum absolute atomic E-state index is 11.1. The van der Waals surface area contributed by atoms with Crippen molar-refractivity contribution in [3.05, 3.63) is 0 Å². The summed E-state index contributed by atoms with van der Waals surface area (Å²) in [4.78, 5) is 11.1. The Morgan fingerprint density at radius 2 is 1.64 bits per heavy atom. The lowest BCUT2D eigenvalue weighted by Gasteiger charge is -2.22. The maximum Gasteiger partial charge on any atom is 0.409 e. The summed E-state index contributed by atoms with van der Waals surface area (Å²) in [5.41, 5.74) is -0.569. The van der Waals surface area contributed by atoms with Crippen LogP contribution in [0.2, 0.25) is 0 Å². The van der Waals surface area contributed by atoms with Crippen LogP contribution in [0.5, 0.6) is 0 Å². The molecule has 0 aromatic carbocycles. The van der Waals surface area contributed by atoms with Crippen molar-refractivity contribution in [3.8, 4) is 0 Å². The Hall–Kier alpha value is -0.770. The Labute approximate surface area is 86.0 Å². The zero-order valence-corrected chi connectivity index (χ0v) is 9.93. The highest BCUT2D eigenvalue weighted by Crippen LogP contribution is 2.06. The first-order valence-corrected chi connectivity index (χ1v) is 4.69. The molecule has 0 unspecified atom stereocenters. The van der Waals surface area contributed by atoms with E-state index in [4.69, 9.17) is 9.47 Å². The van der Waals surface area contributed by atoms with Crippen molar-refractivity contribution in [1.82, 2.24) is 5.32 Å². The van der Waals surface area contributed by atoms with Gasteiger partial charge in [0.25, 0.3) is 0 Å². The molecular weight excluding hydrogens is 182 g/mol. The van der Waals surface area contributed by atoms with E-state index in [9.17, 15) is 4.79 Å². The highest BCUT2D eigenvalue weighted by molar-refractivity contribution is 5.67. The Morgan fingerprint density at radius 3 is 2.00 bits per heavy atom. The second kappa shape index (κ2) is 4.64. The minimum Gasteiger partial charge on any atom is -0.422 e. The molecule has 1 N–H and O–H groups in total. The molecule has 0 saturated carbocycles. The van der Waals surface area contributed by atoms with Crippen LogP contribution < -0.4 is 5.32 Å². The molecule has 0 atom stereocenters. The molecule has 84 valence electrons. The van der Waals surface area contributed by atoms with Crippen molar-refractivity contribution in [3.63, 3.8) is 0 Å². The number of carbonyl (C=O) groups is 1. The van der Waals surface area contributed by atoms with Crippen molar-refractivity contribution in [2.24, 2.45) is 0 Å². The van der Waals surface area contributed by atoms with Gasteiger partial charge in [0.1, 0.15) is 0 Å². The highest BCUT2D eigenvalue weighted by Gasteiger charge is 2.16. The van der Waals surface area contributed by atoms with Crippen molar-refractivity contribution in [1.29, 1.82) is 0 Å². The quantitative estimate of drug-likeness (QED) is 0.700. The van der Waals surface area contributed by atoms with E-state index in [-0.39, 0.29) is 17.9 Å². The largest absolute Gasteiger partial charge is 0.422 e. The molecule has 0 aliphatic carbocycles. The van der Waals surface area contributed by atoms with E-state index in [0.717, 1.165) is 0 Å². The van der Waals surface area contributed by atoms with E-state index in [1.165, 1.54) is 0 Å². The summed E-state index contributed by atoms with van der Waals surface area (Å²) in [5.74, 6) is 0. The zero-order chi connectivity index (χ0) is 11.4. The van der Waals surface area contributed by atoms with Gasteiger partial charge in [0.15, 0.2) is 6.79 Å². The standard InChI is InChI=1S/C10H21NO3/c1-9(2,3)11-8(12)13-7-14-10(4,5)6/h7H2,1-6H3,(H,11,12). The van der Waals surface area contributed by atoms with E-state index in [1.807, 2.05) is 41.5 Å². The highest BCUT2D eigenvalue weighted by atomic mass is 16.7. The first kappa shape index (κ1) is 13.2. The monoisotopic (exact) mass is 203 g/mol. The number of alkyl carbamates (subject to hydrolysis) is 1. The molecule has 0 aromatic heterocycles. The van der Waals surface area contributed by atoms with Gasteiger partial charge in [-0.2, -0.15) is 0 Å². The van der Waals surface area contributed by atoms with Gasteiger partial charge in [0, 0.05) is 5.54 Å². The fraction of sp³-hybridized carbons (Fsp3) is 0.900. The molecule has 0 fully saturated rings. The lowest BCUT2D eigenvalue weighted by Crippen LogP contribution is -2.41. The average molecular weight is 203 g/mol. The van der Waals surface area contributed by atoms with Gasteiger partial charge in [0.05, 0.1) is 5.60 Å². The van der Waals surface area contributed by atoms with Crippen LogP contribution in [-0.2, 0) is 9.47 Å². The van der Waals surface area contributed by atoms with Crippen LogP contribution in [0.25, 0.3) is 0 Å². The minimum absolute atomic E-state index is 0.0224. The van der Waals surface area contributed by atoms with Gasteiger partial charge < -0.3 is 14.8 Å². The molecule has 0 aromatic rings. The second-order valence-electron chi connectivity index (χ2n) is 5.18. The fourth-order valence-electron chi connectivity index (χ4n) is 0.602. The van der Waals surface area contributed by atoms with Gasteiger partial charge in [-0.1, -0.05) is 0 Å². The number of hydrogen-bond acceptors (Lipinski definition) is 3. The van der Waals surface area contributed by atoms with Crippen molar-refractivity contribution < 1.29 is 14.3 Å². The molecule has 0 rings (SSSR count). The Balaban J connectivity index is 3.66. The lowest BCUT2D eigenvalue weighted by molar-refractivity contribution is -0.0924. The van der Waals surface area contributed by atoms with Gasteiger partial charge in [-0.25, -0.2) is 4.79 Å². The zero-order valence-electron chi connectivity index (χ0n) is 9.93. The fourth-order valence-corrected chi connectivity index (χ4v) is 0.602. The predicted molar refractivity (Wildman–Crippen MR) is 55.1 cm³/mol. The first-order valence-electron chi connectivity index (χ1n) is 4.69. The molecule has 1 amide bonds. The van der Waals surface area contributed by atoms with Crippen molar-refractivity contribution >= 4 is 6.09 Å². The predicted octanol–water partition coefficient (Wildman–Crippen LogP) is 2.28. The van der Waals surface area contributed by atoms with Gasteiger partial charge in [0.2, 0.25) is 0 Å². The van der Waals surface area contributed by atoms with E-state index in [0.29, 0.717) is 0 Å². The molecule has 0 bridgehead atoms. The summed E-state index contributed by atoms with van der Waals surface area (Å²) in [6.45, 7) is 11.3. The molecule has 0 aliphatic heterocycles. The molecule has 0 radical (unpaired) electrons. The van der Waals surface area contributed by atoms with Gasteiger partial charge in [-0.15, -0.1) is 0 Å². The molecule has 0 heterocycles. The first-order chi connectivity index (χ1) is 6.10. The smallest absolute Gasteiger partial charge is 0.409 e. The van der Waals surface area contributed by atoms with E-state index < -0.39 is 6.09 Å². The number of amides is 1. The minimum atomic E-state index is -0.457. The Morgan fingerprint density at radius 1 is 1.14 bits per heavy atom. The van der Waals surface area contributed by atoms with Crippen molar-refractivity contribution in [2.45, 2.75) is 52.7 Å². The van der Waals surface area contributed by atoms with Crippen LogP contribution in [0, 0.1) is 0 Å². The number of ether oxygens (including phenoxy) is 2. The molecule has 0 saturated heterocycles. The van der Waals surface area contributed by atoms with Crippen LogP contribution in [0.1, 0.15) is 41.5 Å². The molecule has 14 heavy (non-hydrogen) atoms.